The Labute approximate surface area is 159 Å². The van der Waals surface area contributed by atoms with Crippen LogP contribution in [0.1, 0.15) is 43.6 Å². The Morgan fingerprint density at radius 1 is 1.23 bits per heavy atom. The number of benzene rings is 1. The lowest BCUT2D eigenvalue weighted by Crippen LogP contribution is -2.42. The predicted octanol–water partition coefficient (Wildman–Crippen LogP) is 4.07. The molecule has 1 heterocycles. The molecule has 0 aliphatic carbocycles. The lowest BCUT2D eigenvalue weighted by Gasteiger charge is -2.28. The van der Waals surface area contributed by atoms with E-state index in [1.165, 1.54) is 11.3 Å². The number of amides is 2. The van der Waals surface area contributed by atoms with Gasteiger partial charge in [0.15, 0.2) is 5.13 Å². The zero-order chi connectivity index (χ0) is 19.1. The Hall–Kier alpha value is -2.21. The number of aryl methyl sites for hydroxylation is 1. The molecule has 1 aromatic heterocycles. The van der Waals surface area contributed by atoms with Crippen molar-refractivity contribution in [3.05, 3.63) is 47.0 Å². The van der Waals surface area contributed by atoms with E-state index in [1.54, 1.807) is 11.1 Å². The highest BCUT2D eigenvalue weighted by Crippen LogP contribution is 2.23. The first-order chi connectivity index (χ1) is 12.4. The highest BCUT2D eigenvalue weighted by molar-refractivity contribution is 7.15. The third kappa shape index (κ3) is 5.66. The van der Waals surface area contributed by atoms with Gasteiger partial charge >= 0.3 is 0 Å². The molecule has 1 unspecified atom stereocenters. The largest absolute Gasteiger partial charge is 0.333 e. The van der Waals surface area contributed by atoms with Crippen molar-refractivity contribution in [2.45, 2.75) is 40.0 Å². The van der Waals surface area contributed by atoms with Crippen LogP contribution >= 0.6 is 11.3 Å². The van der Waals surface area contributed by atoms with Crippen LogP contribution in [-0.2, 0) is 9.59 Å². The van der Waals surface area contributed by atoms with Gasteiger partial charge in [0.2, 0.25) is 11.8 Å². The molecule has 1 N–H and O–H groups in total. The third-order valence-corrected chi connectivity index (χ3v) is 4.84. The first-order valence-corrected chi connectivity index (χ1v) is 9.78. The van der Waals surface area contributed by atoms with Crippen LogP contribution in [0.2, 0.25) is 0 Å². The minimum absolute atomic E-state index is 0.00197. The summed E-state index contributed by atoms with van der Waals surface area (Å²) in [6.07, 6.45) is 2.42. The van der Waals surface area contributed by atoms with Crippen LogP contribution in [0.25, 0.3) is 0 Å². The summed E-state index contributed by atoms with van der Waals surface area (Å²) in [4.78, 5) is 32.4. The molecule has 5 nitrogen and oxygen atoms in total. The van der Waals surface area contributed by atoms with Gasteiger partial charge in [0.25, 0.3) is 0 Å². The number of anilines is 1. The van der Waals surface area contributed by atoms with E-state index >= 15 is 0 Å². The van der Waals surface area contributed by atoms with Gasteiger partial charge in [-0.2, -0.15) is 0 Å². The smallest absolute Gasteiger partial charge is 0.245 e. The number of carbonyl (C=O) groups is 2. The van der Waals surface area contributed by atoms with Gasteiger partial charge in [0.05, 0.1) is 12.5 Å². The fourth-order valence-electron chi connectivity index (χ4n) is 2.88. The minimum Gasteiger partial charge on any atom is -0.333 e. The number of carbonyl (C=O) groups excluding carboxylic acids is 2. The monoisotopic (exact) mass is 373 g/mol. The molecule has 2 rings (SSSR count). The number of thiazole rings is 1. The second kappa shape index (κ2) is 9.48. The topological polar surface area (TPSA) is 62.3 Å². The summed E-state index contributed by atoms with van der Waals surface area (Å²) < 4.78 is 0. The number of hydrogen-bond donors (Lipinski definition) is 1. The number of hydrogen-bond acceptors (Lipinski definition) is 4. The molecular formula is C20H27N3O2S. The van der Waals surface area contributed by atoms with Crippen LogP contribution in [-0.4, -0.2) is 34.8 Å². The van der Waals surface area contributed by atoms with Gasteiger partial charge in [-0.3, -0.25) is 9.59 Å². The Balaban J connectivity index is 2.11. The highest BCUT2D eigenvalue weighted by atomic mass is 32.1. The summed E-state index contributed by atoms with van der Waals surface area (Å²) in [5.74, 6) is -0.166. The van der Waals surface area contributed by atoms with Crippen molar-refractivity contribution >= 4 is 28.3 Å². The van der Waals surface area contributed by atoms with E-state index in [-0.39, 0.29) is 30.2 Å². The fraction of sp³-hybridized carbons (Fsp3) is 0.450. The molecule has 6 heteroatoms. The number of aromatic nitrogens is 1. The summed E-state index contributed by atoms with van der Waals surface area (Å²) in [7, 11) is 0. The van der Waals surface area contributed by atoms with E-state index in [9.17, 15) is 9.59 Å². The van der Waals surface area contributed by atoms with E-state index in [2.05, 4.69) is 10.3 Å². The maximum absolute atomic E-state index is 13.1. The first kappa shape index (κ1) is 20.1. The molecule has 0 aliphatic rings. The lowest BCUT2D eigenvalue weighted by molar-refractivity contribution is -0.136. The molecule has 0 spiro atoms. The van der Waals surface area contributed by atoms with Crippen molar-refractivity contribution in [3.8, 4) is 0 Å². The van der Waals surface area contributed by atoms with Crippen molar-refractivity contribution < 1.29 is 9.59 Å². The quantitative estimate of drug-likeness (QED) is 0.759. The molecule has 0 radical (unpaired) electrons. The number of nitrogens with one attached hydrogen (secondary N) is 1. The fourth-order valence-corrected chi connectivity index (χ4v) is 3.56. The van der Waals surface area contributed by atoms with Crippen LogP contribution in [0, 0.1) is 12.8 Å². The number of nitrogens with zero attached hydrogens (tertiary/aromatic N) is 2. The van der Waals surface area contributed by atoms with E-state index in [4.69, 9.17) is 0 Å². The Morgan fingerprint density at radius 3 is 2.46 bits per heavy atom. The Kier molecular flexibility index (Phi) is 7.33. The molecular weight excluding hydrogens is 346 g/mol. The molecule has 1 atom stereocenters. The van der Waals surface area contributed by atoms with Gasteiger partial charge < -0.3 is 10.2 Å². The van der Waals surface area contributed by atoms with Crippen LogP contribution in [0.4, 0.5) is 5.13 Å². The second-order valence-electron chi connectivity index (χ2n) is 6.81. The van der Waals surface area contributed by atoms with Crippen molar-refractivity contribution in [1.29, 1.82) is 0 Å². The summed E-state index contributed by atoms with van der Waals surface area (Å²) in [5.41, 5.74) is 0.990. The molecule has 140 valence electrons. The zero-order valence-electron chi connectivity index (χ0n) is 15.9. The van der Waals surface area contributed by atoms with Crippen LogP contribution in [0.5, 0.6) is 0 Å². The lowest BCUT2D eigenvalue weighted by atomic mass is 9.94. The third-order valence-electron chi connectivity index (χ3n) is 4.01. The van der Waals surface area contributed by atoms with E-state index in [1.807, 2.05) is 58.0 Å². The SMILES string of the molecule is CCC(C(=O)N(CC(=O)Nc1ncc(C)s1)CC(C)C)c1ccccc1. The summed E-state index contributed by atoms with van der Waals surface area (Å²) in [5, 5.41) is 3.36. The summed E-state index contributed by atoms with van der Waals surface area (Å²) in [6, 6.07) is 9.76. The van der Waals surface area contributed by atoms with Crippen molar-refractivity contribution in [2.24, 2.45) is 5.92 Å². The van der Waals surface area contributed by atoms with Gasteiger partial charge in [0.1, 0.15) is 0 Å². The van der Waals surface area contributed by atoms with Gasteiger partial charge in [-0.15, -0.1) is 11.3 Å². The van der Waals surface area contributed by atoms with Crippen molar-refractivity contribution in [2.75, 3.05) is 18.4 Å². The predicted molar refractivity (Wildman–Crippen MR) is 106 cm³/mol. The minimum atomic E-state index is -0.232. The maximum Gasteiger partial charge on any atom is 0.245 e. The van der Waals surface area contributed by atoms with Gasteiger partial charge in [0, 0.05) is 17.6 Å². The van der Waals surface area contributed by atoms with Crippen molar-refractivity contribution in [1.82, 2.24) is 9.88 Å². The average Bonchev–Trinajstić information content (AvgIpc) is 3.00. The van der Waals surface area contributed by atoms with Gasteiger partial charge in [-0.25, -0.2) is 4.98 Å². The van der Waals surface area contributed by atoms with E-state index in [0.29, 0.717) is 18.1 Å². The summed E-state index contributed by atoms with van der Waals surface area (Å²) in [6.45, 7) is 8.62. The van der Waals surface area contributed by atoms with Gasteiger partial charge in [-0.1, -0.05) is 51.1 Å². The van der Waals surface area contributed by atoms with Crippen molar-refractivity contribution in [3.63, 3.8) is 0 Å². The normalized spacial score (nSPS) is 12.0. The molecule has 0 saturated carbocycles. The maximum atomic E-state index is 13.1. The van der Waals surface area contributed by atoms with E-state index in [0.717, 1.165) is 10.4 Å². The number of rotatable bonds is 8. The van der Waals surface area contributed by atoms with Crippen LogP contribution < -0.4 is 5.32 Å². The molecule has 26 heavy (non-hydrogen) atoms. The zero-order valence-corrected chi connectivity index (χ0v) is 16.7. The van der Waals surface area contributed by atoms with Crippen LogP contribution in [0.15, 0.2) is 36.5 Å². The van der Waals surface area contributed by atoms with Gasteiger partial charge in [-0.05, 0) is 24.8 Å². The molecule has 2 amide bonds. The van der Waals surface area contributed by atoms with E-state index < -0.39 is 0 Å². The van der Waals surface area contributed by atoms with Crippen LogP contribution in [0.3, 0.4) is 0 Å². The first-order valence-electron chi connectivity index (χ1n) is 8.96. The molecule has 0 bridgehead atoms. The average molecular weight is 374 g/mol. The molecule has 0 fully saturated rings. The summed E-state index contributed by atoms with van der Waals surface area (Å²) >= 11 is 1.43. The molecule has 1 aromatic carbocycles. The molecule has 0 aliphatic heterocycles. The second-order valence-corrected chi connectivity index (χ2v) is 8.04. The molecule has 2 aromatic rings. The Bertz CT molecular complexity index is 728. The highest BCUT2D eigenvalue weighted by Gasteiger charge is 2.26. The molecule has 0 saturated heterocycles. The standard InChI is InChI=1S/C20H27N3O2S/c1-5-17(16-9-7-6-8-10-16)19(25)23(12-14(2)3)13-18(24)22-20-21-11-15(4)26-20/h6-11,14,17H,5,12-13H2,1-4H3,(H,21,22,24). The Morgan fingerprint density at radius 2 is 1.92 bits per heavy atom.